The number of rotatable bonds is 4. The third-order valence-electron chi connectivity index (χ3n) is 2.93. The third kappa shape index (κ3) is 3.20. The minimum atomic E-state index is -0.630. The van der Waals surface area contributed by atoms with Crippen LogP contribution in [0, 0.1) is 11.2 Å². The van der Waals surface area contributed by atoms with Crippen molar-refractivity contribution in [3.05, 3.63) is 47.4 Å². The number of nitrogens with one attached hydrogen (secondary N) is 3. The molecule has 6 nitrogen and oxygen atoms in total. The fourth-order valence-corrected chi connectivity index (χ4v) is 1.98. The molecule has 0 atom stereocenters. The Morgan fingerprint density at radius 3 is 2.68 bits per heavy atom. The second kappa shape index (κ2) is 6.21. The van der Waals surface area contributed by atoms with Crippen LogP contribution in [0.1, 0.15) is 18.1 Å². The summed E-state index contributed by atoms with van der Waals surface area (Å²) in [5, 5.41) is 23.0. The topological polar surface area (TPSA) is 98.1 Å². The monoisotopic (exact) mass is 302 g/mol. The molecule has 0 saturated heterocycles. The summed E-state index contributed by atoms with van der Waals surface area (Å²) >= 11 is 0. The maximum absolute atomic E-state index is 13.9. The predicted octanol–water partition coefficient (Wildman–Crippen LogP) is 2.34. The van der Waals surface area contributed by atoms with Crippen LogP contribution in [-0.4, -0.2) is 28.8 Å². The van der Waals surface area contributed by atoms with Crippen LogP contribution in [0.25, 0.3) is 0 Å². The van der Waals surface area contributed by atoms with Gasteiger partial charge in [-0.3, -0.25) is 10.2 Å². The summed E-state index contributed by atoms with van der Waals surface area (Å²) in [6, 6.07) is 4.98. The molecular formula is C15H15FN4O2. The Hall–Kier alpha value is -2.96. The number of amides is 1. The molecule has 0 bridgehead atoms. The number of hydrogen-bond donors (Lipinski definition) is 4. The van der Waals surface area contributed by atoms with Gasteiger partial charge in [0.05, 0.1) is 17.6 Å². The number of anilines is 2. The molecule has 7 heteroatoms. The fourth-order valence-electron chi connectivity index (χ4n) is 1.98. The maximum atomic E-state index is 13.9. The lowest BCUT2D eigenvalue weighted by Crippen LogP contribution is -2.12. The van der Waals surface area contributed by atoms with E-state index in [1.54, 1.807) is 7.05 Å². The fraction of sp³-hybridized carbons (Fsp3) is 0.133. The van der Waals surface area contributed by atoms with Crippen molar-refractivity contribution in [2.45, 2.75) is 6.92 Å². The van der Waals surface area contributed by atoms with Gasteiger partial charge in [0.2, 0.25) is 5.91 Å². The number of carbonyl (C=O) groups is 1. The Labute approximate surface area is 126 Å². The normalized spacial score (nSPS) is 10.1. The second-order valence-corrected chi connectivity index (χ2v) is 4.59. The van der Waals surface area contributed by atoms with Gasteiger partial charge in [-0.25, -0.2) is 9.37 Å². The van der Waals surface area contributed by atoms with Crippen molar-refractivity contribution in [3.8, 4) is 5.75 Å². The van der Waals surface area contributed by atoms with Gasteiger partial charge in [0.1, 0.15) is 17.4 Å². The lowest BCUT2D eigenvalue weighted by Gasteiger charge is -2.12. The van der Waals surface area contributed by atoms with Crippen molar-refractivity contribution in [1.82, 2.24) is 4.98 Å². The molecule has 4 N–H and O–H groups in total. The van der Waals surface area contributed by atoms with Crippen molar-refractivity contribution in [2.24, 2.45) is 0 Å². The van der Waals surface area contributed by atoms with E-state index >= 15 is 0 Å². The first-order chi connectivity index (χ1) is 10.4. The largest absolute Gasteiger partial charge is 0.508 e. The lowest BCUT2D eigenvalue weighted by molar-refractivity contribution is -0.114. The molecular weight excluding hydrogens is 287 g/mol. The maximum Gasteiger partial charge on any atom is 0.221 e. The number of phenols is 1. The number of aromatic nitrogens is 1. The van der Waals surface area contributed by atoms with Gasteiger partial charge in [0.25, 0.3) is 0 Å². The molecule has 0 aliphatic rings. The Kier molecular flexibility index (Phi) is 4.36. The molecule has 1 aromatic heterocycles. The van der Waals surface area contributed by atoms with E-state index in [-0.39, 0.29) is 22.9 Å². The third-order valence-corrected chi connectivity index (χ3v) is 2.93. The van der Waals surface area contributed by atoms with E-state index in [9.17, 15) is 14.3 Å². The van der Waals surface area contributed by atoms with E-state index in [4.69, 9.17) is 5.41 Å². The molecule has 1 heterocycles. The molecule has 0 fully saturated rings. The molecule has 0 spiro atoms. The SMILES string of the molecule is CNc1ncc(NC(C)=O)cc1C(=N)c1cc(O)ccc1F. The second-order valence-electron chi connectivity index (χ2n) is 4.59. The Morgan fingerprint density at radius 2 is 2.05 bits per heavy atom. The molecule has 2 aromatic rings. The molecule has 0 radical (unpaired) electrons. The Bertz CT molecular complexity index is 746. The Morgan fingerprint density at radius 1 is 1.32 bits per heavy atom. The van der Waals surface area contributed by atoms with Crippen molar-refractivity contribution in [1.29, 1.82) is 5.41 Å². The first kappa shape index (κ1) is 15.4. The number of hydrogen-bond acceptors (Lipinski definition) is 5. The molecule has 1 amide bonds. The van der Waals surface area contributed by atoms with Crippen LogP contribution in [0.4, 0.5) is 15.9 Å². The van der Waals surface area contributed by atoms with E-state index in [1.807, 2.05) is 0 Å². The van der Waals surface area contributed by atoms with Crippen molar-refractivity contribution >= 4 is 23.1 Å². The van der Waals surface area contributed by atoms with Crippen LogP contribution >= 0.6 is 0 Å². The predicted molar refractivity (Wildman–Crippen MR) is 82.1 cm³/mol. The average Bonchev–Trinajstić information content (AvgIpc) is 2.48. The van der Waals surface area contributed by atoms with Gasteiger partial charge in [-0.2, -0.15) is 0 Å². The number of nitrogens with zero attached hydrogens (tertiary/aromatic N) is 1. The van der Waals surface area contributed by atoms with Crippen LogP contribution in [0.15, 0.2) is 30.5 Å². The smallest absolute Gasteiger partial charge is 0.221 e. The number of pyridine rings is 1. The number of phenolic OH excluding ortho intramolecular Hbond substituents is 1. The summed E-state index contributed by atoms with van der Waals surface area (Å²) in [6.07, 6.45) is 1.43. The van der Waals surface area contributed by atoms with Crippen LogP contribution in [0.3, 0.4) is 0 Å². The number of benzene rings is 1. The van der Waals surface area contributed by atoms with Gasteiger partial charge in [-0.15, -0.1) is 0 Å². The average molecular weight is 302 g/mol. The van der Waals surface area contributed by atoms with E-state index in [2.05, 4.69) is 15.6 Å². The summed E-state index contributed by atoms with van der Waals surface area (Å²) in [5.74, 6) is -0.685. The zero-order valence-corrected chi connectivity index (χ0v) is 12.1. The van der Waals surface area contributed by atoms with Crippen molar-refractivity contribution in [2.75, 3.05) is 17.7 Å². The highest BCUT2D eigenvalue weighted by molar-refractivity contribution is 6.14. The molecule has 114 valence electrons. The quantitative estimate of drug-likeness (QED) is 0.652. The molecule has 2 rings (SSSR count). The van der Waals surface area contributed by atoms with E-state index in [0.29, 0.717) is 17.1 Å². The van der Waals surface area contributed by atoms with Gasteiger partial charge in [-0.05, 0) is 24.3 Å². The number of halogens is 1. The molecule has 1 aromatic carbocycles. The van der Waals surface area contributed by atoms with Gasteiger partial charge in [0, 0.05) is 25.1 Å². The molecule has 22 heavy (non-hydrogen) atoms. The summed E-state index contributed by atoms with van der Waals surface area (Å²) in [7, 11) is 1.62. The summed E-state index contributed by atoms with van der Waals surface area (Å²) < 4.78 is 13.9. The minimum Gasteiger partial charge on any atom is -0.508 e. The van der Waals surface area contributed by atoms with Gasteiger partial charge in [0.15, 0.2) is 0 Å². The summed E-state index contributed by atoms with van der Waals surface area (Å²) in [5.41, 5.74) is 0.487. The van der Waals surface area contributed by atoms with E-state index < -0.39 is 5.82 Å². The van der Waals surface area contributed by atoms with Crippen LogP contribution in [0.2, 0.25) is 0 Å². The van der Waals surface area contributed by atoms with Gasteiger partial charge < -0.3 is 15.7 Å². The molecule has 0 unspecified atom stereocenters. The van der Waals surface area contributed by atoms with Gasteiger partial charge >= 0.3 is 0 Å². The van der Waals surface area contributed by atoms with Crippen molar-refractivity contribution in [3.63, 3.8) is 0 Å². The summed E-state index contributed by atoms with van der Waals surface area (Å²) in [4.78, 5) is 15.2. The Balaban J connectivity index is 2.51. The zero-order chi connectivity index (χ0) is 16.3. The standard InChI is InChI=1S/C15H15FN4O2/c1-8(21)20-9-5-12(15(18-2)19-7-9)14(17)11-6-10(22)3-4-13(11)16/h3-7,17,22H,1-2H3,(H,18,19)(H,20,21). The van der Waals surface area contributed by atoms with Gasteiger partial charge in [-0.1, -0.05) is 0 Å². The van der Waals surface area contributed by atoms with Crippen molar-refractivity contribution < 1.29 is 14.3 Å². The van der Waals surface area contributed by atoms with Crippen LogP contribution < -0.4 is 10.6 Å². The summed E-state index contributed by atoms with van der Waals surface area (Å²) in [6.45, 7) is 1.35. The minimum absolute atomic E-state index is 0.0572. The highest BCUT2D eigenvalue weighted by atomic mass is 19.1. The number of aromatic hydroxyl groups is 1. The van der Waals surface area contributed by atoms with E-state index in [1.165, 1.54) is 31.3 Å². The highest BCUT2D eigenvalue weighted by Gasteiger charge is 2.16. The van der Waals surface area contributed by atoms with Crippen LogP contribution in [0.5, 0.6) is 5.75 Å². The first-order valence-electron chi connectivity index (χ1n) is 6.45. The highest BCUT2D eigenvalue weighted by Crippen LogP contribution is 2.24. The number of carbonyl (C=O) groups excluding carboxylic acids is 1. The molecule has 0 aliphatic heterocycles. The molecule has 0 aliphatic carbocycles. The first-order valence-corrected chi connectivity index (χ1v) is 6.45. The van der Waals surface area contributed by atoms with Crippen LogP contribution in [-0.2, 0) is 4.79 Å². The zero-order valence-electron chi connectivity index (χ0n) is 12.1. The molecule has 0 saturated carbocycles. The lowest BCUT2D eigenvalue weighted by atomic mass is 10.0. The van der Waals surface area contributed by atoms with E-state index in [0.717, 1.165) is 6.07 Å².